The van der Waals surface area contributed by atoms with Crippen LogP contribution in [0.3, 0.4) is 0 Å². The topological polar surface area (TPSA) is 38.0 Å². The number of phenolic OH excluding ortho intramolecular Hbond substituents is 1. The molecule has 3 nitrogen and oxygen atoms in total. The number of aromatic nitrogens is 2. The summed E-state index contributed by atoms with van der Waals surface area (Å²) >= 11 is 0. The van der Waals surface area contributed by atoms with Gasteiger partial charge in [0.2, 0.25) is 0 Å². The molecule has 2 rings (SSSR count). The fraction of sp³-hybridized carbons (Fsp3) is 0.100. The van der Waals surface area contributed by atoms with Crippen molar-refractivity contribution < 1.29 is 5.11 Å². The van der Waals surface area contributed by atoms with Crippen molar-refractivity contribution in [1.82, 2.24) is 9.55 Å². The average Bonchev–Trinajstić information content (AvgIpc) is 2.53. The number of hydrogen-bond donors (Lipinski definition) is 1. The van der Waals surface area contributed by atoms with Crippen LogP contribution in [-0.2, 0) is 0 Å². The third-order valence-electron chi connectivity index (χ3n) is 1.87. The summed E-state index contributed by atoms with van der Waals surface area (Å²) < 4.78 is 1.80. The SMILES string of the molecule is Cc1cn(-c2ccccc2O)cn1.Cl.Cl. The Labute approximate surface area is 101 Å². The molecule has 2 aromatic rings. The van der Waals surface area contributed by atoms with Crippen LogP contribution in [0.15, 0.2) is 36.8 Å². The van der Waals surface area contributed by atoms with Gasteiger partial charge in [-0.2, -0.15) is 0 Å². The van der Waals surface area contributed by atoms with Gasteiger partial charge >= 0.3 is 0 Å². The third kappa shape index (κ3) is 2.88. The summed E-state index contributed by atoms with van der Waals surface area (Å²) in [4.78, 5) is 4.09. The van der Waals surface area contributed by atoms with E-state index in [1.165, 1.54) is 0 Å². The number of aryl methyl sites for hydroxylation is 1. The minimum absolute atomic E-state index is 0. The number of para-hydroxylation sites is 2. The van der Waals surface area contributed by atoms with Gasteiger partial charge in [0.1, 0.15) is 5.75 Å². The van der Waals surface area contributed by atoms with Gasteiger partial charge in [-0.25, -0.2) is 4.98 Å². The van der Waals surface area contributed by atoms with Crippen LogP contribution in [0.4, 0.5) is 0 Å². The number of rotatable bonds is 1. The van der Waals surface area contributed by atoms with Crippen molar-refractivity contribution in [1.29, 1.82) is 0 Å². The van der Waals surface area contributed by atoms with E-state index in [4.69, 9.17) is 0 Å². The van der Waals surface area contributed by atoms with Crippen molar-refractivity contribution in [2.75, 3.05) is 0 Å². The fourth-order valence-corrected chi connectivity index (χ4v) is 1.24. The lowest BCUT2D eigenvalue weighted by molar-refractivity contribution is 0.472. The van der Waals surface area contributed by atoms with E-state index in [2.05, 4.69) is 4.98 Å². The summed E-state index contributed by atoms with van der Waals surface area (Å²) in [5.41, 5.74) is 1.69. The Morgan fingerprint density at radius 1 is 1.20 bits per heavy atom. The van der Waals surface area contributed by atoms with Crippen LogP contribution in [0, 0.1) is 6.92 Å². The average molecular weight is 247 g/mol. The lowest BCUT2D eigenvalue weighted by atomic mass is 10.3. The first-order valence-corrected chi connectivity index (χ1v) is 4.06. The second-order valence-corrected chi connectivity index (χ2v) is 2.91. The molecule has 0 spiro atoms. The highest BCUT2D eigenvalue weighted by Crippen LogP contribution is 2.20. The van der Waals surface area contributed by atoms with Gasteiger partial charge in [-0.15, -0.1) is 24.8 Å². The molecule has 0 radical (unpaired) electrons. The van der Waals surface area contributed by atoms with Crippen molar-refractivity contribution in [2.24, 2.45) is 0 Å². The number of hydrogen-bond acceptors (Lipinski definition) is 2. The van der Waals surface area contributed by atoms with Gasteiger partial charge in [0.05, 0.1) is 17.7 Å². The first-order chi connectivity index (χ1) is 6.27. The molecule has 0 amide bonds. The molecule has 1 aromatic carbocycles. The Balaban J connectivity index is 0.000000980. The summed E-state index contributed by atoms with van der Waals surface area (Å²) in [5.74, 6) is 0.264. The minimum Gasteiger partial charge on any atom is -0.506 e. The molecule has 1 N–H and O–H groups in total. The highest BCUT2D eigenvalue weighted by Gasteiger charge is 2.01. The quantitative estimate of drug-likeness (QED) is 0.841. The van der Waals surface area contributed by atoms with Crippen LogP contribution in [0.2, 0.25) is 0 Å². The van der Waals surface area contributed by atoms with Gasteiger partial charge in [0.15, 0.2) is 0 Å². The molecular weight excluding hydrogens is 235 g/mol. The molecule has 0 aliphatic heterocycles. The molecule has 0 aliphatic rings. The number of halogens is 2. The van der Waals surface area contributed by atoms with E-state index in [-0.39, 0.29) is 30.6 Å². The van der Waals surface area contributed by atoms with Crippen molar-refractivity contribution in [2.45, 2.75) is 6.92 Å². The van der Waals surface area contributed by atoms with E-state index in [9.17, 15) is 5.11 Å². The molecule has 0 atom stereocenters. The smallest absolute Gasteiger partial charge is 0.139 e. The first kappa shape index (κ1) is 13.8. The molecule has 1 aromatic heterocycles. The standard InChI is InChI=1S/C10H10N2O.2ClH/c1-8-6-12(7-11-8)9-4-2-3-5-10(9)13;;/h2-7,13H,1H3;2*1H. The van der Waals surface area contributed by atoms with Crippen LogP contribution >= 0.6 is 24.8 Å². The van der Waals surface area contributed by atoms with Crippen LogP contribution in [0.25, 0.3) is 5.69 Å². The molecule has 15 heavy (non-hydrogen) atoms. The summed E-state index contributed by atoms with van der Waals surface area (Å²) in [6.45, 7) is 1.91. The monoisotopic (exact) mass is 246 g/mol. The zero-order valence-corrected chi connectivity index (χ0v) is 9.76. The van der Waals surface area contributed by atoms with Crippen molar-refractivity contribution in [3.8, 4) is 11.4 Å². The van der Waals surface area contributed by atoms with Gasteiger partial charge in [-0.3, -0.25) is 0 Å². The Morgan fingerprint density at radius 2 is 1.87 bits per heavy atom. The van der Waals surface area contributed by atoms with Gasteiger partial charge in [-0.05, 0) is 19.1 Å². The number of imidazole rings is 1. The fourth-order valence-electron chi connectivity index (χ4n) is 1.24. The van der Waals surface area contributed by atoms with E-state index in [1.54, 1.807) is 23.0 Å². The lowest BCUT2D eigenvalue weighted by Crippen LogP contribution is -1.89. The van der Waals surface area contributed by atoms with Gasteiger partial charge in [-0.1, -0.05) is 12.1 Å². The molecule has 0 aliphatic carbocycles. The first-order valence-electron chi connectivity index (χ1n) is 4.06. The second-order valence-electron chi connectivity index (χ2n) is 2.91. The van der Waals surface area contributed by atoms with Crippen LogP contribution in [0.1, 0.15) is 5.69 Å². The minimum atomic E-state index is 0. The highest BCUT2D eigenvalue weighted by molar-refractivity contribution is 5.85. The summed E-state index contributed by atoms with van der Waals surface area (Å²) in [6.07, 6.45) is 3.56. The summed E-state index contributed by atoms with van der Waals surface area (Å²) in [7, 11) is 0. The zero-order valence-electron chi connectivity index (χ0n) is 8.12. The van der Waals surface area contributed by atoms with Crippen molar-refractivity contribution in [3.05, 3.63) is 42.5 Å². The molecule has 82 valence electrons. The number of nitrogens with zero attached hydrogens (tertiary/aromatic N) is 2. The summed E-state index contributed by atoms with van der Waals surface area (Å²) in [5, 5.41) is 9.52. The maximum Gasteiger partial charge on any atom is 0.139 e. The molecule has 0 unspecified atom stereocenters. The predicted octanol–water partition coefficient (Wildman–Crippen LogP) is 2.73. The highest BCUT2D eigenvalue weighted by atomic mass is 35.5. The van der Waals surface area contributed by atoms with Crippen molar-refractivity contribution >= 4 is 24.8 Å². The molecule has 5 heteroatoms. The summed E-state index contributed by atoms with van der Waals surface area (Å²) in [6, 6.07) is 7.17. The van der Waals surface area contributed by atoms with E-state index in [0.717, 1.165) is 11.4 Å². The predicted molar refractivity (Wildman–Crippen MR) is 64.5 cm³/mol. The van der Waals surface area contributed by atoms with Crippen LogP contribution in [-0.4, -0.2) is 14.7 Å². The van der Waals surface area contributed by atoms with Gasteiger partial charge in [0.25, 0.3) is 0 Å². The molecular formula is C10H12Cl2N2O. The lowest BCUT2D eigenvalue weighted by Gasteiger charge is -2.03. The number of aromatic hydroxyl groups is 1. The third-order valence-corrected chi connectivity index (χ3v) is 1.87. The van der Waals surface area contributed by atoms with E-state index >= 15 is 0 Å². The molecule has 0 bridgehead atoms. The normalized spacial score (nSPS) is 8.87. The Hall–Kier alpha value is -1.19. The Morgan fingerprint density at radius 3 is 2.40 bits per heavy atom. The maximum atomic E-state index is 9.52. The Bertz CT molecular complexity index is 429. The molecule has 0 saturated carbocycles. The molecule has 0 saturated heterocycles. The number of phenols is 1. The molecule has 1 heterocycles. The largest absolute Gasteiger partial charge is 0.506 e. The maximum absolute atomic E-state index is 9.52. The zero-order chi connectivity index (χ0) is 9.26. The number of benzene rings is 1. The van der Waals surface area contributed by atoms with E-state index in [1.807, 2.05) is 25.3 Å². The van der Waals surface area contributed by atoms with Crippen LogP contribution < -0.4 is 0 Å². The molecule has 0 fully saturated rings. The van der Waals surface area contributed by atoms with E-state index in [0.29, 0.717) is 0 Å². The second kappa shape index (κ2) is 5.63. The van der Waals surface area contributed by atoms with Crippen LogP contribution in [0.5, 0.6) is 5.75 Å². The van der Waals surface area contributed by atoms with Gasteiger partial charge < -0.3 is 9.67 Å². The van der Waals surface area contributed by atoms with E-state index < -0.39 is 0 Å². The van der Waals surface area contributed by atoms with Gasteiger partial charge in [0, 0.05) is 6.20 Å². The Kier molecular flexibility index (Phi) is 5.19. The van der Waals surface area contributed by atoms with Crippen molar-refractivity contribution in [3.63, 3.8) is 0 Å².